The van der Waals surface area contributed by atoms with Crippen LogP contribution in [0.3, 0.4) is 0 Å². The second-order valence-electron chi connectivity index (χ2n) is 6.23. The number of hydrogen-bond donors (Lipinski definition) is 0. The molecule has 1 aromatic rings. The maximum atomic E-state index is 11.2. The first kappa shape index (κ1) is 18.1. The second kappa shape index (κ2) is 8.53. The molecule has 0 saturated carbocycles. The van der Waals surface area contributed by atoms with Crippen LogP contribution in [0.5, 0.6) is 0 Å². The lowest BCUT2D eigenvalue weighted by atomic mass is 9.89. The third kappa shape index (κ3) is 4.60. The van der Waals surface area contributed by atoms with Gasteiger partial charge in [-0.05, 0) is 55.0 Å². The first-order valence-corrected chi connectivity index (χ1v) is 8.56. The van der Waals surface area contributed by atoms with Gasteiger partial charge in [-0.15, -0.1) is 0 Å². The molecule has 1 unspecified atom stereocenters. The molecule has 0 spiro atoms. The van der Waals surface area contributed by atoms with E-state index < -0.39 is 0 Å². The Balaban J connectivity index is 2.08. The van der Waals surface area contributed by atoms with Gasteiger partial charge in [0.2, 0.25) is 0 Å². The van der Waals surface area contributed by atoms with Crippen LogP contribution in [0.4, 0.5) is 5.69 Å². The number of nitrogens with zero attached hydrogens (tertiary/aromatic N) is 1. The van der Waals surface area contributed by atoms with E-state index in [9.17, 15) is 4.79 Å². The van der Waals surface area contributed by atoms with E-state index in [1.807, 2.05) is 12.2 Å². The van der Waals surface area contributed by atoms with E-state index in [-0.39, 0.29) is 5.97 Å². The Hall–Kier alpha value is -2.29. The van der Waals surface area contributed by atoms with Gasteiger partial charge in [0.1, 0.15) is 0 Å². The molecule has 1 aliphatic heterocycles. The molecule has 1 aromatic carbocycles. The zero-order valence-corrected chi connectivity index (χ0v) is 15.1. The predicted octanol–water partition coefficient (Wildman–Crippen LogP) is 4.71. The summed E-state index contributed by atoms with van der Waals surface area (Å²) in [6.07, 6.45) is 10.2. The molecule has 24 heavy (non-hydrogen) atoms. The van der Waals surface area contributed by atoms with Crippen molar-refractivity contribution in [2.24, 2.45) is 0 Å². The van der Waals surface area contributed by atoms with Gasteiger partial charge in [-0.1, -0.05) is 37.3 Å². The number of allylic oxidation sites excluding steroid dienone is 5. The number of rotatable bonds is 5. The molecule has 0 N–H and O–H groups in total. The number of benzene rings is 1. The first-order valence-electron chi connectivity index (χ1n) is 8.56. The van der Waals surface area contributed by atoms with Crippen LogP contribution in [-0.4, -0.2) is 26.2 Å². The highest BCUT2D eigenvalue weighted by Gasteiger charge is 2.19. The number of esters is 1. The molecular formula is C21H27NO2. The Morgan fingerprint density at radius 2 is 2.12 bits per heavy atom. The van der Waals surface area contributed by atoms with Gasteiger partial charge in [-0.25, -0.2) is 4.79 Å². The highest BCUT2D eigenvalue weighted by atomic mass is 16.5. The lowest BCUT2D eigenvalue weighted by Crippen LogP contribution is -2.26. The maximum absolute atomic E-state index is 11.2. The van der Waals surface area contributed by atoms with Gasteiger partial charge in [-0.2, -0.15) is 0 Å². The van der Waals surface area contributed by atoms with E-state index in [0.29, 0.717) is 12.5 Å². The smallest absolute Gasteiger partial charge is 0.330 e. The van der Waals surface area contributed by atoms with Crippen molar-refractivity contribution in [2.75, 3.05) is 25.1 Å². The molecule has 0 fully saturated rings. The number of carbonyl (C=O) groups excluding carboxylic acids is 1. The van der Waals surface area contributed by atoms with Gasteiger partial charge in [-0.3, -0.25) is 0 Å². The quantitative estimate of drug-likeness (QED) is 0.446. The summed E-state index contributed by atoms with van der Waals surface area (Å²) in [6, 6.07) is 6.72. The van der Waals surface area contributed by atoms with Crippen LogP contribution in [0, 0.1) is 0 Å². The van der Waals surface area contributed by atoms with Crippen molar-refractivity contribution in [1.29, 1.82) is 0 Å². The molecule has 1 aliphatic rings. The van der Waals surface area contributed by atoms with Crippen LogP contribution in [0.15, 0.2) is 48.6 Å². The number of ether oxygens (including phenoxy) is 1. The molecule has 0 aromatic heterocycles. The third-order valence-corrected chi connectivity index (χ3v) is 4.41. The number of carbonyl (C=O) groups is 1. The molecule has 1 atom stereocenters. The molecule has 3 nitrogen and oxygen atoms in total. The van der Waals surface area contributed by atoms with Crippen molar-refractivity contribution in [1.82, 2.24) is 0 Å². The predicted molar refractivity (Wildman–Crippen MR) is 101 cm³/mol. The minimum atomic E-state index is -0.310. The van der Waals surface area contributed by atoms with E-state index in [1.54, 1.807) is 13.0 Å². The molecule has 3 heteroatoms. The van der Waals surface area contributed by atoms with Gasteiger partial charge in [0.25, 0.3) is 0 Å². The van der Waals surface area contributed by atoms with Crippen molar-refractivity contribution in [3.63, 3.8) is 0 Å². The van der Waals surface area contributed by atoms with E-state index in [1.165, 1.54) is 34.9 Å². The summed E-state index contributed by atoms with van der Waals surface area (Å²) in [5, 5.41) is 0. The Morgan fingerprint density at radius 3 is 2.88 bits per heavy atom. The summed E-state index contributed by atoms with van der Waals surface area (Å²) in [7, 11) is 2.16. The number of anilines is 1. The zero-order chi connectivity index (χ0) is 17.5. The van der Waals surface area contributed by atoms with Crippen LogP contribution in [0.2, 0.25) is 0 Å². The van der Waals surface area contributed by atoms with Crippen LogP contribution >= 0.6 is 0 Å². The molecule has 0 saturated heterocycles. The third-order valence-electron chi connectivity index (χ3n) is 4.41. The van der Waals surface area contributed by atoms with Crippen LogP contribution < -0.4 is 4.90 Å². The summed E-state index contributed by atoms with van der Waals surface area (Å²) in [5.41, 5.74) is 5.23. The average molecular weight is 325 g/mol. The summed E-state index contributed by atoms with van der Waals surface area (Å²) in [5.74, 6) is 0.294. The van der Waals surface area contributed by atoms with Crippen molar-refractivity contribution < 1.29 is 9.53 Å². The first-order chi connectivity index (χ1) is 11.5. The number of fused-ring (bicyclic) bond motifs is 1. The highest BCUT2D eigenvalue weighted by Crippen LogP contribution is 2.35. The Labute approximate surface area is 145 Å². The fourth-order valence-corrected chi connectivity index (χ4v) is 2.89. The van der Waals surface area contributed by atoms with Gasteiger partial charge in [0.05, 0.1) is 6.61 Å². The lowest BCUT2D eigenvalue weighted by Gasteiger charge is -2.32. The normalized spacial score (nSPS) is 18.2. The average Bonchev–Trinajstić information content (AvgIpc) is 2.57. The van der Waals surface area contributed by atoms with Crippen molar-refractivity contribution in [3.05, 3.63) is 59.7 Å². The van der Waals surface area contributed by atoms with Crippen molar-refractivity contribution in [2.45, 2.75) is 33.1 Å². The Bertz CT molecular complexity index is 670. The van der Waals surface area contributed by atoms with Gasteiger partial charge < -0.3 is 9.64 Å². The molecule has 0 amide bonds. The minimum absolute atomic E-state index is 0.310. The van der Waals surface area contributed by atoms with E-state index in [2.05, 4.69) is 50.1 Å². The highest BCUT2D eigenvalue weighted by molar-refractivity contribution is 5.82. The topological polar surface area (TPSA) is 29.5 Å². The second-order valence-corrected chi connectivity index (χ2v) is 6.23. The van der Waals surface area contributed by atoms with Crippen LogP contribution in [0.1, 0.15) is 44.2 Å². The van der Waals surface area contributed by atoms with Crippen LogP contribution in [0.25, 0.3) is 5.57 Å². The molecule has 1 heterocycles. The summed E-state index contributed by atoms with van der Waals surface area (Å²) in [6.45, 7) is 7.73. The Morgan fingerprint density at radius 1 is 1.33 bits per heavy atom. The largest absolute Gasteiger partial charge is 0.463 e. The summed E-state index contributed by atoms with van der Waals surface area (Å²) in [4.78, 5) is 13.5. The zero-order valence-electron chi connectivity index (χ0n) is 15.1. The van der Waals surface area contributed by atoms with E-state index >= 15 is 0 Å². The molecule has 0 radical (unpaired) electrons. The van der Waals surface area contributed by atoms with Gasteiger partial charge in [0, 0.05) is 25.4 Å². The van der Waals surface area contributed by atoms with E-state index in [0.717, 1.165) is 6.54 Å². The molecule has 128 valence electrons. The lowest BCUT2D eigenvalue weighted by molar-refractivity contribution is -0.137. The van der Waals surface area contributed by atoms with Crippen molar-refractivity contribution in [3.8, 4) is 0 Å². The SMILES string of the molecule is CCOC(=O)C=CC=CC=C(C)c1ccc2c(c1)C(C)CCN2C. The van der Waals surface area contributed by atoms with Crippen molar-refractivity contribution >= 4 is 17.2 Å². The summed E-state index contributed by atoms with van der Waals surface area (Å²) < 4.78 is 4.83. The van der Waals surface area contributed by atoms with Gasteiger partial charge in [0.15, 0.2) is 0 Å². The monoisotopic (exact) mass is 325 g/mol. The number of hydrogen-bond acceptors (Lipinski definition) is 3. The molecule has 0 aliphatic carbocycles. The molecular weight excluding hydrogens is 298 g/mol. The minimum Gasteiger partial charge on any atom is -0.463 e. The fourth-order valence-electron chi connectivity index (χ4n) is 2.89. The molecule has 2 rings (SSSR count). The standard InChI is InChI=1S/C21H27NO2/c1-5-24-21(23)10-8-6-7-9-16(2)18-11-12-20-19(15-18)17(3)13-14-22(20)4/h6-12,15,17H,5,13-14H2,1-4H3. The van der Waals surface area contributed by atoms with E-state index in [4.69, 9.17) is 4.74 Å². The van der Waals surface area contributed by atoms with Gasteiger partial charge >= 0.3 is 5.97 Å². The van der Waals surface area contributed by atoms with Crippen LogP contribution in [-0.2, 0) is 9.53 Å². The fraction of sp³-hybridized carbons (Fsp3) is 0.381. The Kier molecular flexibility index (Phi) is 6.42. The maximum Gasteiger partial charge on any atom is 0.330 e. The summed E-state index contributed by atoms with van der Waals surface area (Å²) >= 11 is 0. The molecule has 0 bridgehead atoms.